The highest BCUT2D eigenvalue weighted by atomic mass is 19.4. The highest BCUT2D eigenvalue weighted by Gasteiger charge is 2.30. The summed E-state index contributed by atoms with van der Waals surface area (Å²) in [6.07, 6.45) is -2.88. The summed E-state index contributed by atoms with van der Waals surface area (Å²) in [5.41, 5.74) is 1.01. The molecule has 0 atom stereocenters. The molecule has 37 heavy (non-hydrogen) atoms. The molecule has 4 rings (SSSR count). The van der Waals surface area contributed by atoms with E-state index in [1.165, 1.54) is 12.1 Å². The second-order valence-electron chi connectivity index (χ2n) is 8.48. The van der Waals surface area contributed by atoms with Crippen LogP contribution in [0.3, 0.4) is 0 Å². The van der Waals surface area contributed by atoms with E-state index in [-0.39, 0.29) is 5.69 Å². The fourth-order valence-electron chi connectivity index (χ4n) is 4.14. The normalized spacial score (nSPS) is 14.2. The molecular formula is C26H28F3N5O3. The first kappa shape index (κ1) is 26.1. The largest absolute Gasteiger partial charge is 0.493 e. The third kappa shape index (κ3) is 6.62. The highest BCUT2D eigenvalue weighted by molar-refractivity contribution is 5.99. The summed E-state index contributed by atoms with van der Waals surface area (Å²) in [4.78, 5) is 21.2. The van der Waals surface area contributed by atoms with Crippen LogP contribution in [-0.2, 0) is 12.7 Å². The molecule has 2 amide bonds. The number of benzene rings is 2. The molecule has 8 nitrogen and oxygen atoms in total. The quantitative estimate of drug-likeness (QED) is 0.457. The average molecular weight is 516 g/mol. The van der Waals surface area contributed by atoms with Gasteiger partial charge in [-0.1, -0.05) is 12.1 Å². The topological polar surface area (TPSA) is 79.0 Å². The van der Waals surface area contributed by atoms with Crippen LogP contribution < -0.4 is 25.0 Å². The SMILES string of the molecule is COc1cccc(CN2CCN(c3ccc(NC(=O)Nc4ccc(C(F)(F)F)cc4)cn3)CC2)c1OC. The lowest BCUT2D eigenvalue weighted by molar-refractivity contribution is -0.137. The Balaban J connectivity index is 1.27. The van der Waals surface area contributed by atoms with E-state index in [9.17, 15) is 18.0 Å². The first-order valence-corrected chi connectivity index (χ1v) is 11.7. The van der Waals surface area contributed by atoms with Crippen molar-refractivity contribution < 1.29 is 27.4 Å². The van der Waals surface area contributed by atoms with Crippen molar-refractivity contribution in [3.05, 3.63) is 71.9 Å². The second-order valence-corrected chi connectivity index (χ2v) is 8.48. The Morgan fingerprint density at radius 1 is 0.919 bits per heavy atom. The van der Waals surface area contributed by atoms with Crippen molar-refractivity contribution in [2.45, 2.75) is 12.7 Å². The van der Waals surface area contributed by atoms with E-state index >= 15 is 0 Å². The summed E-state index contributed by atoms with van der Waals surface area (Å²) in [6.45, 7) is 4.02. The van der Waals surface area contributed by atoms with Gasteiger partial charge >= 0.3 is 12.2 Å². The number of halogens is 3. The van der Waals surface area contributed by atoms with Gasteiger partial charge in [0.25, 0.3) is 0 Å². The van der Waals surface area contributed by atoms with Crippen LogP contribution in [0.15, 0.2) is 60.8 Å². The van der Waals surface area contributed by atoms with Gasteiger partial charge in [-0.3, -0.25) is 4.90 Å². The number of pyridine rings is 1. The number of methoxy groups -OCH3 is 2. The summed E-state index contributed by atoms with van der Waals surface area (Å²) in [5.74, 6) is 2.26. The van der Waals surface area contributed by atoms with Crippen LogP contribution in [0, 0.1) is 0 Å². The van der Waals surface area contributed by atoms with E-state index < -0.39 is 17.8 Å². The van der Waals surface area contributed by atoms with Crippen LogP contribution in [0.5, 0.6) is 11.5 Å². The summed E-state index contributed by atoms with van der Waals surface area (Å²) in [7, 11) is 3.27. The summed E-state index contributed by atoms with van der Waals surface area (Å²) < 4.78 is 49.0. The Morgan fingerprint density at radius 3 is 2.19 bits per heavy atom. The fraction of sp³-hybridized carbons (Fsp3) is 0.308. The fourth-order valence-corrected chi connectivity index (χ4v) is 4.14. The molecule has 2 N–H and O–H groups in total. The van der Waals surface area contributed by atoms with Gasteiger partial charge in [0.15, 0.2) is 11.5 Å². The van der Waals surface area contributed by atoms with Gasteiger partial charge in [-0.15, -0.1) is 0 Å². The predicted molar refractivity (Wildman–Crippen MR) is 135 cm³/mol. The van der Waals surface area contributed by atoms with Crippen molar-refractivity contribution in [2.24, 2.45) is 0 Å². The molecule has 1 fully saturated rings. The number of hydrogen-bond donors (Lipinski definition) is 2. The molecule has 0 unspecified atom stereocenters. The molecule has 3 aromatic rings. The van der Waals surface area contributed by atoms with Crippen LogP contribution in [-0.4, -0.2) is 56.3 Å². The molecule has 0 spiro atoms. The number of carbonyl (C=O) groups is 1. The number of hydrogen-bond acceptors (Lipinski definition) is 6. The standard InChI is InChI=1S/C26H28F3N5O3/c1-36-22-5-3-4-18(24(22)37-2)17-33-12-14-34(15-13-33)23-11-10-21(16-30-23)32-25(35)31-20-8-6-19(7-9-20)26(27,28)29/h3-11,16H,12-15,17H2,1-2H3,(H2,31,32,35). The van der Waals surface area contributed by atoms with Crippen LogP contribution in [0.25, 0.3) is 0 Å². The lowest BCUT2D eigenvalue weighted by Gasteiger charge is -2.35. The van der Waals surface area contributed by atoms with E-state index in [1.54, 1.807) is 26.5 Å². The van der Waals surface area contributed by atoms with Crippen molar-refractivity contribution >= 4 is 23.2 Å². The molecule has 2 aromatic carbocycles. The van der Waals surface area contributed by atoms with E-state index in [1.807, 2.05) is 24.3 Å². The zero-order valence-corrected chi connectivity index (χ0v) is 20.5. The number of urea groups is 1. The Bertz CT molecular complexity index is 1200. The Morgan fingerprint density at radius 2 is 1.59 bits per heavy atom. The minimum Gasteiger partial charge on any atom is -0.493 e. The minimum atomic E-state index is -4.43. The van der Waals surface area contributed by atoms with E-state index in [0.29, 0.717) is 11.4 Å². The van der Waals surface area contributed by atoms with Gasteiger partial charge < -0.3 is 25.0 Å². The van der Waals surface area contributed by atoms with Gasteiger partial charge in [-0.25, -0.2) is 9.78 Å². The highest BCUT2D eigenvalue weighted by Crippen LogP contribution is 2.32. The number of ether oxygens (including phenoxy) is 2. The summed E-state index contributed by atoms with van der Waals surface area (Å²) in [5, 5.41) is 5.15. The molecule has 196 valence electrons. The van der Waals surface area contributed by atoms with Gasteiger partial charge in [-0.2, -0.15) is 13.2 Å². The Labute approximate surface area is 213 Å². The molecule has 0 radical (unpaired) electrons. The first-order valence-electron chi connectivity index (χ1n) is 11.7. The van der Waals surface area contributed by atoms with Crippen LogP contribution in [0.1, 0.15) is 11.1 Å². The van der Waals surface area contributed by atoms with Gasteiger partial charge in [0, 0.05) is 44.0 Å². The Kier molecular flexibility index (Phi) is 8.02. The van der Waals surface area contributed by atoms with Gasteiger partial charge in [0.2, 0.25) is 0 Å². The number of carbonyl (C=O) groups excluding carboxylic acids is 1. The third-order valence-electron chi connectivity index (χ3n) is 6.05. The molecule has 0 bridgehead atoms. The number of amides is 2. The second kappa shape index (κ2) is 11.4. The number of nitrogens with one attached hydrogen (secondary N) is 2. The lowest BCUT2D eigenvalue weighted by Crippen LogP contribution is -2.46. The zero-order chi connectivity index (χ0) is 26.4. The summed E-state index contributed by atoms with van der Waals surface area (Å²) in [6, 6.07) is 13.1. The van der Waals surface area contributed by atoms with E-state index in [4.69, 9.17) is 9.47 Å². The summed E-state index contributed by atoms with van der Waals surface area (Å²) >= 11 is 0. The maximum atomic E-state index is 12.7. The van der Waals surface area contributed by atoms with Crippen LogP contribution in [0.2, 0.25) is 0 Å². The van der Waals surface area contributed by atoms with Gasteiger partial charge in [0.1, 0.15) is 5.82 Å². The van der Waals surface area contributed by atoms with Crippen molar-refractivity contribution in [3.8, 4) is 11.5 Å². The van der Waals surface area contributed by atoms with Crippen molar-refractivity contribution in [2.75, 3.05) is 55.9 Å². The predicted octanol–water partition coefficient (Wildman–Crippen LogP) is 5.08. The van der Waals surface area contributed by atoms with E-state index in [2.05, 4.69) is 25.4 Å². The van der Waals surface area contributed by atoms with Crippen molar-refractivity contribution in [1.82, 2.24) is 9.88 Å². The van der Waals surface area contributed by atoms with Gasteiger partial charge in [0.05, 0.1) is 31.7 Å². The minimum absolute atomic E-state index is 0.250. The smallest absolute Gasteiger partial charge is 0.416 e. The number of piperazine rings is 1. The first-order chi connectivity index (χ1) is 17.8. The number of aromatic nitrogens is 1. The number of nitrogens with zero attached hydrogens (tertiary/aromatic N) is 3. The molecule has 1 aliphatic rings. The number of rotatable bonds is 7. The van der Waals surface area contributed by atoms with Crippen molar-refractivity contribution in [1.29, 1.82) is 0 Å². The van der Waals surface area contributed by atoms with Crippen molar-refractivity contribution in [3.63, 3.8) is 0 Å². The monoisotopic (exact) mass is 515 g/mol. The number of anilines is 3. The number of alkyl halides is 3. The molecule has 2 heterocycles. The Hall–Kier alpha value is -3.99. The van der Waals surface area contributed by atoms with E-state index in [0.717, 1.165) is 62.0 Å². The molecule has 11 heteroatoms. The maximum absolute atomic E-state index is 12.7. The average Bonchev–Trinajstić information content (AvgIpc) is 2.89. The third-order valence-corrected chi connectivity index (χ3v) is 6.05. The maximum Gasteiger partial charge on any atom is 0.416 e. The number of para-hydroxylation sites is 1. The zero-order valence-electron chi connectivity index (χ0n) is 20.5. The molecule has 1 saturated heterocycles. The van der Waals surface area contributed by atoms with Crippen LogP contribution >= 0.6 is 0 Å². The molecule has 0 saturated carbocycles. The van der Waals surface area contributed by atoms with Crippen LogP contribution in [0.4, 0.5) is 35.2 Å². The molecule has 0 aliphatic carbocycles. The molecule has 1 aliphatic heterocycles. The lowest BCUT2D eigenvalue weighted by atomic mass is 10.1. The molecular weight excluding hydrogens is 487 g/mol. The van der Waals surface area contributed by atoms with Gasteiger partial charge in [-0.05, 0) is 42.5 Å². The molecule has 1 aromatic heterocycles.